The zero-order valence-corrected chi connectivity index (χ0v) is 19.5. The van der Waals surface area contributed by atoms with Crippen molar-refractivity contribution in [3.05, 3.63) is 49.9 Å². The molecule has 1 N–H and O–H groups in total. The van der Waals surface area contributed by atoms with E-state index >= 15 is 0 Å². The summed E-state index contributed by atoms with van der Waals surface area (Å²) in [5.41, 5.74) is 1.83. The van der Waals surface area contributed by atoms with Gasteiger partial charge in [-0.15, -0.1) is 11.8 Å². The summed E-state index contributed by atoms with van der Waals surface area (Å²) in [6.07, 6.45) is 4.97. The molecule has 1 aromatic carbocycles. The Hall–Kier alpha value is -2.81. The molecule has 2 aromatic heterocycles. The van der Waals surface area contributed by atoms with Crippen molar-refractivity contribution in [2.75, 3.05) is 6.61 Å². The number of aromatic amines is 1. The number of H-pyrrole nitrogens is 1. The van der Waals surface area contributed by atoms with Gasteiger partial charge in [-0.1, -0.05) is 0 Å². The molecule has 1 aliphatic heterocycles. The highest BCUT2D eigenvalue weighted by Crippen LogP contribution is 2.42. The Morgan fingerprint density at radius 2 is 2.03 bits per heavy atom. The van der Waals surface area contributed by atoms with E-state index in [2.05, 4.69) is 18.0 Å². The Balaban J connectivity index is 1.43. The van der Waals surface area contributed by atoms with Crippen molar-refractivity contribution in [3.63, 3.8) is 0 Å². The first kappa shape index (κ1) is 20.8. The Labute approximate surface area is 194 Å². The SMILES string of the molecule is CCOc1cc2c(cc1CSc1nc(C3CC3)nc3c1c(=O)[nH]c(=O)n3C1CC1)OC(C)C2. The van der Waals surface area contributed by atoms with Crippen LogP contribution >= 0.6 is 11.8 Å². The topological polar surface area (TPSA) is 99.1 Å². The van der Waals surface area contributed by atoms with Gasteiger partial charge >= 0.3 is 5.69 Å². The summed E-state index contributed by atoms with van der Waals surface area (Å²) >= 11 is 1.49. The van der Waals surface area contributed by atoms with Crippen LogP contribution in [0.3, 0.4) is 0 Å². The molecule has 0 saturated heterocycles. The second kappa shape index (κ2) is 7.90. The van der Waals surface area contributed by atoms with Crippen LogP contribution in [0, 0.1) is 0 Å². The van der Waals surface area contributed by atoms with Gasteiger partial charge in [0.15, 0.2) is 5.65 Å². The molecular formula is C24H26N4O4S. The van der Waals surface area contributed by atoms with E-state index in [0.717, 1.165) is 60.6 Å². The number of rotatable bonds is 7. The number of fused-ring (bicyclic) bond motifs is 2. The van der Waals surface area contributed by atoms with Gasteiger partial charge in [0.05, 0.1) is 6.61 Å². The summed E-state index contributed by atoms with van der Waals surface area (Å²) in [5.74, 6) is 3.35. The molecule has 2 saturated carbocycles. The normalized spacial score (nSPS) is 19.5. The molecule has 8 nitrogen and oxygen atoms in total. The largest absolute Gasteiger partial charge is 0.494 e. The molecule has 0 spiro atoms. The van der Waals surface area contributed by atoms with Crippen molar-refractivity contribution in [2.45, 2.75) is 74.8 Å². The number of aromatic nitrogens is 4. The second-order valence-corrected chi connectivity index (χ2v) is 10.1. The lowest BCUT2D eigenvalue weighted by Crippen LogP contribution is -2.31. The summed E-state index contributed by atoms with van der Waals surface area (Å²) in [6, 6.07) is 4.23. The van der Waals surface area contributed by atoms with Gasteiger partial charge in [0.2, 0.25) is 0 Å². The van der Waals surface area contributed by atoms with Gasteiger partial charge in [-0.3, -0.25) is 14.3 Å². The summed E-state index contributed by atoms with van der Waals surface area (Å²) in [7, 11) is 0. The number of hydrogen-bond acceptors (Lipinski definition) is 7. The fourth-order valence-corrected chi connectivity index (χ4v) is 5.47. The van der Waals surface area contributed by atoms with Crippen LogP contribution in [0.5, 0.6) is 11.5 Å². The maximum Gasteiger partial charge on any atom is 0.330 e. The molecule has 3 aromatic rings. The minimum atomic E-state index is -0.423. The Kier molecular flexibility index (Phi) is 4.97. The van der Waals surface area contributed by atoms with Gasteiger partial charge in [0.1, 0.15) is 33.8 Å². The molecule has 2 aliphatic carbocycles. The number of benzene rings is 1. The predicted molar refractivity (Wildman–Crippen MR) is 126 cm³/mol. The van der Waals surface area contributed by atoms with Gasteiger partial charge in [0.25, 0.3) is 5.56 Å². The van der Waals surface area contributed by atoms with E-state index in [9.17, 15) is 9.59 Å². The highest BCUT2D eigenvalue weighted by atomic mass is 32.2. The van der Waals surface area contributed by atoms with E-state index in [1.54, 1.807) is 4.57 Å². The number of thioether (sulfide) groups is 1. The van der Waals surface area contributed by atoms with E-state index in [-0.39, 0.29) is 17.8 Å². The summed E-state index contributed by atoms with van der Waals surface area (Å²) < 4.78 is 13.5. The molecule has 1 atom stereocenters. The van der Waals surface area contributed by atoms with Crippen molar-refractivity contribution >= 4 is 22.8 Å². The van der Waals surface area contributed by atoms with Crippen molar-refractivity contribution in [1.82, 2.24) is 19.5 Å². The number of nitrogens with one attached hydrogen (secondary N) is 1. The van der Waals surface area contributed by atoms with Gasteiger partial charge in [-0.25, -0.2) is 14.8 Å². The van der Waals surface area contributed by atoms with Crippen LogP contribution in [0.4, 0.5) is 0 Å². The van der Waals surface area contributed by atoms with E-state index in [1.807, 2.05) is 13.0 Å². The maximum atomic E-state index is 12.9. The summed E-state index contributed by atoms with van der Waals surface area (Å²) in [6.45, 7) is 4.61. The lowest BCUT2D eigenvalue weighted by atomic mass is 10.1. The van der Waals surface area contributed by atoms with Crippen molar-refractivity contribution < 1.29 is 9.47 Å². The van der Waals surface area contributed by atoms with Crippen molar-refractivity contribution in [2.24, 2.45) is 0 Å². The lowest BCUT2D eigenvalue weighted by Gasteiger charge is -2.14. The van der Waals surface area contributed by atoms with E-state index in [4.69, 9.17) is 19.4 Å². The number of nitrogens with zero attached hydrogens (tertiary/aromatic N) is 3. The fourth-order valence-electron chi connectivity index (χ4n) is 4.46. The van der Waals surface area contributed by atoms with E-state index in [0.29, 0.717) is 34.3 Å². The van der Waals surface area contributed by atoms with E-state index in [1.165, 1.54) is 11.8 Å². The molecule has 3 heterocycles. The Bertz CT molecular complexity index is 1370. The van der Waals surface area contributed by atoms with Crippen LogP contribution in [-0.4, -0.2) is 32.2 Å². The van der Waals surface area contributed by atoms with Crippen LogP contribution in [0.25, 0.3) is 11.0 Å². The molecule has 33 heavy (non-hydrogen) atoms. The van der Waals surface area contributed by atoms with E-state index < -0.39 is 5.56 Å². The molecule has 0 radical (unpaired) electrons. The molecule has 3 aliphatic rings. The first-order valence-electron chi connectivity index (χ1n) is 11.7. The Morgan fingerprint density at radius 3 is 2.76 bits per heavy atom. The molecule has 0 bridgehead atoms. The summed E-state index contributed by atoms with van der Waals surface area (Å²) in [5, 5.41) is 1.02. The molecule has 0 amide bonds. The molecule has 2 fully saturated rings. The molecule has 172 valence electrons. The Morgan fingerprint density at radius 1 is 1.21 bits per heavy atom. The van der Waals surface area contributed by atoms with Crippen LogP contribution in [0.2, 0.25) is 0 Å². The quantitative estimate of drug-likeness (QED) is 0.419. The predicted octanol–water partition coefficient (Wildman–Crippen LogP) is 3.71. The van der Waals surface area contributed by atoms with Gasteiger partial charge in [-0.2, -0.15) is 0 Å². The highest BCUT2D eigenvalue weighted by Gasteiger charge is 2.32. The maximum absolute atomic E-state index is 12.9. The van der Waals surface area contributed by atoms with Gasteiger partial charge in [0, 0.05) is 35.3 Å². The molecule has 6 rings (SSSR count). The molecule has 9 heteroatoms. The van der Waals surface area contributed by atoms with Crippen molar-refractivity contribution in [1.29, 1.82) is 0 Å². The van der Waals surface area contributed by atoms with Crippen LogP contribution < -0.4 is 20.7 Å². The van der Waals surface area contributed by atoms with Crippen molar-refractivity contribution in [3.8, 4) is 11.5 Å². The lowest BCUT2D eigenvalue weighted by molar-refractivity contribution is 0.254. The standard InChI is InChI=1S/C24H26N4O4S/c1-3-31-17-9-14-8-12(2)32-18(14)10-15(17)11-33-23-19-21(25-20(26-23)13-4-5-13)28(16-6-7-16)24(30)27-22(19)29/h9-10,12-13,16H,3-8,11H2,1-2H3,(H,27,29,30). The van der Waals surface area contributed by atoms with Crippen LogP contribution in [0.1, 0.15) is 68.4 Å². The first-order valence-corrected chi connectivity index (χ1v) is 12.6. The number of hydrogen-bond donors (Lipinski definition) is 1. The average Bonchev–Trinajstić information content (AvgIpc) is 3.69. The smallest absolute Gasteiger partial charge is 0.330 e. The monoisotopic (exact) mass is 466 g/mol. The zero-order chi connectivity index (χ0) is 22.7. The molecular weight excluding hydrogens is 440 g/mol. The fraction of sp³-hybridized carbons (Fsp3) is 0.500. The zero-order valence-electron chi connectivity index (χ0n) is 18.7. The number of ether oxygens (including phenoxy) is 2. The minimum Gasteiger partial charge on any atom is -0.494 e. The van der Waals surface area contributed by atoms with Crippen LogP contribution in [0.15, 0.2) is 26.7 Å². The highest BCUT2D eigenvalue weighted by molar-refractivity contribution is 7.98. The minimum absolute atomic E-state index is 0.108. The molecule has 1 unspecified atom stereocenters. The summed E-state index contributed by atoms with van der Waals surface area (Å²) in [4.78, 5) is 37.5. The third-order valence-electron chi connectivity index (χ3n) is 6.37. The van der Waals surface area contributed by atoms with Crippen LogP contribution in [-0.2, 0) is 12.2 Å². The average molecular weight is 467 g/mol. The third kappa shape index (κ3) is 3.82. The first-order chi connectivity index (χ1) is 16.0. The third-order valence-corrected chi connectivity index (χ3v) is 7.39. The second-order valence-electron chi connectivity index (χ2n) is 9.14. The van der Waals surface area contributed by atoms with Gasteiger partial charge < -0.3 is 9.47 Å². The van der Waals surface area contributed by atoms with Gasteiger partial charge in [-0.05, 0) is 51.7 Å².